The fraction of sp³-hybridized carbons (Fsp3) is 0.917. The average Bonchev–Trinajstić information content (AvgIpc) is 2.21. The van der Waals surface area contributed by atoms with Gasteiger partial charge in [0, 0.05) is 19.2 Å². The Kier molecular flexibility index (Phi) is 5.22. The molecule has 4 heteroatoms. The number of piperidine rings is 1. The van der Waals surface area contributed by atoms with Gasteiger partial charge >= 0.3 is 0 Å². The third kappa shape index (κ3) is 4.10. The van der Waals surface area contributed by atoms with Crippen LogP contribution in [0.4, 0.5) is 0 Å². The molecule has 0 bridgehead atoms. The molecule has 1 saturated heterocycles. The van der Waals surface area contributed by atoms with E-state index in [2.05, 4.69) is 24.5 Å². The van der Waals surface area contributed by atoms with Gasteiger partial charge < -0.3 is 15.4 Å². The number of carbonyl (C=O) groups excluding carboxylic acids is 1. The first kappa shape index (κ1) is 13.5. The second kappa shape index (κ2) is 6.21. The van der Waals surface area contributed by atoms with Gasteiger partial charge in [-0.25, -0.2) is 0 Å². The van der Waals surface area contributed by atoms with Crippen LogP contribution in [0, 0.1) is 5.41 Å². The van der Waals surface area contributed by atoms with Crippen molar-refractivity contribution in [2.24, 2.45) is 5.41 Å². The molecule has 0 saturated carbocycles. The van der Waals surface area contributed by atoms with Gasteiger partial charge in [-0.15, -0.1) is 0 Å². The summed E-state index contributed by atoms with van der Waals surface area (Å²) in [5, 5.41) is 6.41. The zero-order valence-electron chi connectivity index (χ0n) is 10.6. The standard InChI is InChI=1S/C12H24N2O2/c1-4-7-16-8-11(15)14-10-5-6-13-9-12(10,2)3/h10,13H,4-9H2,1-3H3,(H,14,15). The summed E-state index contributed by atoms with van der Waals surface area (Å²) in [4.78, 5) is 11.6. The van der Waals surface area contributed by atoms with Gasteiger partial charge in [0.1, 0.15) is 6.61 Å². The van der Waals surface area contributed by atoms with Crippen molar-refractivity contribution in [1.29, 1.82) is 0 Å². The van der Waals surface area contributed by atoms with Crippen molar-refractivity contribution in [1.82, 2.24) is 10.6 Å². The molecule has 1 fully saturated rings. The molecule has 0 aromatic heterocycles. The third-order valence-electron chi connectivity index (χ3n) is 3.05. The lowest BCUT2D eigenvalue weighted by Gasteiger charge is -2.39. The minimum absolute atomic E-state index is 0.00780. The monoisotopic (exact) mass is 228 g/mol. The smallest absolute Gasteiger partial charge is 0.246 e. The number of hydrogen-bond donors (Lipinski definition) is 2. The Bertz CT molecular complexity index is 229. The van der Waals surface area contributed by atoms with Gasteiger partial charge in [0.15, 0.2) is 0 Å². The lowest BCUT2D eigenvalue weighted by atomic mass is 9.80. The minimum atomic E-state index is 0.00780. The molecule has 1 aliphatic heterocycles. The molecule has 0 aromatic rings. The van der Waals surface area contributed by atoms with E-state index in [1.165, 1.54) is 0 Å². The van der Waals surface area contributed by atoms with Gasteiger partial charge in [-0.1, -0.05) is 20.8 Å². The Morgan fingerprint density at radius 3 is 2.94 bits per heavy atom. The maximum atomic E-state index is 11.6. The molecular formula is C12H24N2O2. The van der Waals surface area contributed by atoms with E-state index < -0.39 is 0 Å². The molecule has 0 spiro atoms. The first-order valence-electron chi connectivity index (χ1n) is 6.14. The Morgan fingerprint density at radius 2 is 2.31 bits per heavy atom. The van der Waals surface area contributed by atoms with Crippen molar-refractivity contribution in [3.63, 3.8) is 0 Å². The summed E-state index contributed by atoms with van der Waals surface area (Å²) in [6, 6.07) is 0.256. The number of ether oxygens (including phenoxy) is 1. The highest BCUT2D eigenvalue weighted by atomic mass is 16.5. The number of nitrogens with one attached hydrogen (secondary N) is 2. The second-order valence-corrected chi connectivity index (χ2v) is 5.13. The van der Waals surface area contributed by atoms with E-state index in [-0.39, 0.29) is 24.0 Å². The normalized spacial score (nSPS) is 24.1. The number of carbonyl (C=O) groups is 1. The summed E-state index contributed by atoms with van der Waals surface area (Å²) in [6.07, 6.45) is 1.94. The topological polar surface area (TPSA) is 50.4 Å². The minimum Gasteiger partial charge on any atom is -0.372 e. The molecule has 0 aliphatic carbocycles. The van der Waals surface area contributed by atoms with Crippen LogP contribution in [0.15, 0.2) is 0 Å². The van der Waals surface area contributed by atoms with E-state index in [0.717, 1.165) is 25.9 Å². The van der Waals surface area contributed by atoms with Gasteiger partial charge in [-0.3, -0.25) is 4.79 Å². The van der Waals surface area contributed by atoms with Crippen molar-refractivity contribution < 1.29 is 9.53 Å². The summed E-state index contributed by atoms with van der Waals surface area (Å²) in [7, 11) is 0. The van der Waals surface area contributed by atoms with E-state index >= 15 is 0 Å². The lowest BCUT2D eigenvalue weighted by molar-refractivity contribution is -0.127. The van der Waals surface area contributed by atoms with Gasteiger partial charge in [-0.05, 0) is 24.8 Å². The molecule has 1 aliphatic rings. The Labute approximate surface area is 98.1 Å². The van der Waals surface area contributed by atoms with Crippen molar-refractivity contribution >= 4 is 5.91 Å². The number of amides is 1. The summed E-state index contributed by atoms with van der Waals surface area (Å²) in [6.45, 7) is 9.16. The highest BCUT2D eigenvalue weighted by Gasteiger charge is 2.32. The quantitative estimate of drug-likeness (QED) is 0.688. The van der Waals surface area contributed by atoms with Crippen LogP contribution in [-0.4, -0.2) is 38.3 Å². The molecule has 1 unspecified atom stereocenters. The van der Waals surface area contributed by atoms with E-state index in [1.54, 1.807) is 0 Å². The fourth-order valence-electron chi connectivity index (χ4n) is 1.98. The molecule has 4 nitrogen and oxygen atoms in total. The van der Waals surface area contributed by atoms with E-state index in [4.69, 9.17) is 4.74 Å². The molecule has 1 amide bonds. The first-order valence-corrected chi connectivity index (χ1v) is 6.14. The summed E-state index contributed by atoms with van der Waals surface area (Å²) < 4.78 is 5.23. The molecule has 16 heavy (non-hydrogen) atoms. The average molecular weight is 228 g/mol. The van der Waals surface area contributed by atoms with Crippen LogP contribution < -0.4 is 10.6 Å². The Balaban J connectivity index is 2.31. The van der Waals surface area contributed by atoms with E-state index in [9.17, 15) is 4.79 Å². The van der Waals surface area contributed by atoms with Crippen LogP contribution in [0.5, 0.6) is 0 Å². The molecule has 0 aromatic carbocycles. The van der Waals surface area contributed by atoms with Crippen molar-refractivity contribution in [3.8, 4) is 0 Å². The van der Waals surface area contributed by atoms with Crippen molar-refractivity contribution in [2.75, 3.05) is 26.3 Å². The van der Waals surface area contributed by atoms with Crippen molar-refractivity contribution in [2.45, 2.75) is 39.7 Å². The summed E-state index contributed by atoms with van der Waals surface area (Å²) in [5.41, 5.74) is 0.124. The molecule has 2 N–H and O–H groups in total. The molecule has 1 heterocycles. The van der Waals surface area contributed by atoms with Crippen molar-refractivity contribution in [3.05, 3.63) is 0 Å². The largest absolute Gasteiger partial charge is 0.372 e. The van der Waals surface area contributed by atoms with E-state index in [1.807, 2.05) is 6.92 Å². The molecule has 0 radical (unpaired) electrons. The maximum Gasteiger partial charge on any atom is 0.246 e. The maximum absolute atomic E-state index is 11.6. The molecule has 1 rings (SSSR count). The van der Waals surface area contributed by atoms with Gasteiger partial charge in [-0.2, -0.15) is 0 Å². The number of rotatable bonds is 5. The van der Waals surface area contributed by atoms with Crippen LogP contribution in [0.25, 0.3) is 0 Å². The highest BCUT2D eigenvalue weighted by molar-refractivity contribution is 5.77. The second-order valence-electron chi connectivity index (χ2n) is 5.13. The number of hydrogen-bond acceptors (Lipinski definition) is 3. The van der Waals surface area contributed by atoms with Crippen LogP contribution in [0.1, 0.15) is 33.6 Å². The predicted octanol–water partition coefficient (Wildman–Crippen LogP) is 0.917. The van der Waals surface area contributed by atoms with Crippen LogP contribution >= 0.6 is 0 Å². The van der Waals surface area contributed by atoms with Crippen LogP contribution in [-0.2, 0) is 9.53 Å². The van der Waals surface area contributed by atoms with Crippen LogP contribution in [0.2, 0.25) is 0 Å². The predicted molar refractivity (Wildman–Crippen MR) is 64.3 cm³/mol. The Morgan fingerprint density at radius 1 is 1.56 bits per heavy atom. The SMILES string of the molecule is CCCOCC(=O)NC1CCNCC1(C)C. The fourth-order valence-corrected chi connectivity index (χ4v) is 1.98. The molecule has 1 atom stereocenters. The summed E-state index contributed by atoms with van der Waals surface area (Å²) >= 11 is 0. The first-order chi connectivity index (χ1) is 7.56. The van der Waals surface area contributed by atoms with Gasteiger partial charge in [0.2, 0.25) is 5.91 Å². The zero-order valence-corrected chi connectivity index (χ0v) is 10.6. The van der Waals surface area contributed by atoms with Gasteiger partial charge in [0.05, 0.1) is 0 Å². The zero-order chi connectivity index (χ0) is 12.0. The highest BCUT2D eigenvalue weighted by Crippen LogP contribution is 2.24. The van der Waals surface area contributed by atoms with Gasteiger partial charge in [0.25, 0.3) is 0 Å². The molecular weight excluding hydrogens is 204 g/mol. The van der Waals surface area contributed by atoms with E-state index in [0.29, 0.717) is 6.61 Å². The molecule has 94 valence electrons. The summed E-state index contributed by atoms with van der Waals surface area (Å²) in [5.74, 6) is 0.00780. The lowest BCUT2D eigenvalue weighted by Crippen LogP contribution is -2.55. The Hall–Kier alpha value is -0.610. The third-order valence-corrected chi connectivity index (χ3v) is 3.05. The van der Waals surface area contributed by atoms with Crippen LogP contribution in [0.3, 0.4) is 0 Å².